The summed E-state index contributed by atoms with van der Waals surface area (Å²) in [6, 6.07) is 72.2. The van der Waals surface area contributed by atoms with Gasteiger partial charge in [0, 0.05) is 18.6 Å². The molecule has 0 bridgehead atoms. The fourth-order valence-corrected chi connectivity index (χ4v) is 10.2. The number of benzene rings is 7. The first-order valence-electron chi connectivity index (χ1n) is 22.0. The molecule has 3 aromatic heterocycles. The van der Waals surface area contributed by atoms with Gasteiger partial charge in [-0.25, -0.2) is 0 Å². The Morgan fingerprint density at radius 1 is 0.353 bits per heavy atom. The van der Waals surface area contributed by atoms with Crippen LogP contribution in [-0.2, 0) is 25.5 Å². The molecule has 0 saturated carbocycles. The number of nitrogens with zero attached hydrogens (tertiary/aromatic N) is 3. The third kappa shape index (κ3) is 9.83. The van der Waals surface area contributed by atoms with Crippen LogP contribution < -0.4 is 0 Å². The zero-order valence-electron chi connectivity index (χ0n) is 37.3. The molecule has 68 heavy (non-hydrogen) atoms. The fraction of sp³-hybridized carbons (Fsp3) is 0.0656. The van der Waals surface area contributed by atoms with Crippen molar-refractivity contribution in [1.82, 2.24) is 15.0 Å². The summed E-state index contributed by atoms with van der Waals surface area (Å²) in [7, 11) is 0. The van der Waals surface area contributed by atoms with Crippen LogP contribution in [0.1, 0.15) is 26.3 Å². The summed E-state index contributed by atoms with van der Waals surface area (Å²) < 4.78 is 2.90. The summed E-state index contributed by atoms with van der Waals surface area (Å²) in [5, 5.41) is 0. The van der Waals surface area contributed by atoms with E-state index in [0.29, 0.717) is 0 Å². The number of hydrogen-bond donors (Lipinski definition) is 0. The SMILES string of the molecule is CC(C)(C)c1ccnc(-c2[c-]cc(-c3ccccc3-c3cc(-c4ccccc4-c4c[c-]c(-c5ccccn5)cc4Br)cc(-c4ccccc4-c4c[c-]c(-c5ccccn5)cc4Br)c3)c(Br)c2)c1.[Ir+3]. The van der Waals surface area contributed by atoms with Gasteiger partial charge in [-0.05, 0) is 97.8 Å². The summed E-state index contributed by atoms with van der Waals surface area (Å²) >= 11 is 11.9. The van der Waals surface area contributed by atoms with Gasteiger partial charge in [0.2, 0.25) is 0 Å². The maximum Gasteiger partial charge on any atom is 3.00 e. The second kappa shape index (κ2) is 20.4. The van der Waals surface area contributed by atoms with Crippen LogP contribution in [0.25, 0.3) is 101 Å². The summed E-state index contributed by atoms with van der Waals surface area (Å²) in [5.41, 5.74) is 19.6. The second-order valence-electron chi connectivity index (χ2n) is 17.4. The quantitative estimate of drug-likeness (QED) is 0.135. The van der Waals surface area contributed by atoms with E-state index in [1.807, 2.05) is 55.0 Å². The second-order valence-corrected chi connectivity index (χ2v) is 19.9. The minimum Gasteiger partial charge on any atom is -0.305 e. The van der Waals surface area contributed by atoms with Crippen molar-refractivity contribution in [3.8, 4) is 101 Å². The van der Waals surface area contributed by atoms with Crippen LogP contribution in [0.5, 0.6) is 0 Å². The monoisotopic (exact) mass is 1250 g/mol. The molecule has 3 heterocycles. The van der Waals surface area contributed by atoms with E-state index in [9.17, 15) is 0 Å². The molecule has 0 saturated heterocycles. The van der Waals surface area contributed by atoms with Crippen LogP contribution in [0.15, 0.2) is 208 Å². The molecule has 0 aliphatic rings. The van der Waals surface area contributed by atoms with Crippen molar-refractivity contribution in [3.05, 3.63) is 232 Å². The molecule has 10 rings (SSSR count). The van der Waals surface area contributed by atoms with E-state index in [1.165, 1.54) is 5.56 Å². The maximum absolute atomic E-state index is 4.75. The van der Waals surface area contributed by atoms with Gasteiger partial charge < -0.3 is 15.0 Å². The van der Waals surface area contributed by atoms with Crippen LogP contribution in [0.4, 0.5) is 0 Å². The molecule has 0 atom stereocenters. The van der Waals surface area contributed by atoms with Gasteiger partial charge in [0.05, 0.1) is 0 Å². The molecular formula is C61H41Br3IrN3. The Bertz CT molecular complexity index is 3290. The van der Waals surface area contributed by atoms with Crippen molar-refractivity contribution in [2.75, 3.05) is 0 Å². The standard InChI is InChI=1S/C61H41Br3N3.Ir/c1-61(2,3)45-28-31-67-60(38-45)41-24-27-54(57(64)37-41)51-19-9-6-16-48(51)44-33-42(46-14-4-7-17-49(46)52-25-22-39(35-55(52)62)58-20-10-12-29-65-58)32-43(34-44)47-15-5-8-18-50(47)53-26-23-40(36-56(53)63)59-21-11-13-30-66-59;/h4-21,25-38H,1-3H3;/q-3;+3. The molecule has 0 unspecified atom stereocenters. The van der Waals surface area contributed by atoms with E-state index in [0.717, 1.165) is 114 Å². The van der Waals surface area contributed by atoms with Crippen LogP contribution in [0, 0.1) is 18.2 Å². The van der Waals surface area contributed by atoms with Crippen LogP contribution >= 0.6 is 47.8 Å². The Hall–Kier alpha value is -5.92. The summed E-state index contributed by atoms with van der Waals surface area (Å²) in [4.78, 5) is 13.9. The number of hydrogen-bond acceptors (Lipinski definition) is 3. The number of rotatable bonds is 9. The third-order valence-electron chi connectivity index (χ3n) is 12.0. The first kappa shape index (κ1) is 47.2. The normalized spacial score (nSPS) is 11.3. The van der Waals surface area contributed by atoms with Gasteiger partial charge in [-0.1, -0.05) is 218 Å². The van der Waals surface area contributed by atoms with E-state index in [4.69, 9.17) is 4.98 Å². The van der Waals surface area contributed by atoms with Gasteiger partial charge in [0.15, 0.2) is 0 Å². The molecular weight excluding hydrogens is 1210 g/mol. The molecule has 10 aromatic rings. The summed E-state index contributed by atoms with van der Waals surface area (Å²) in [6.45, 7) is 6.67. The molecule has 0 radical (unpaired) electrons. The van der Waals surface area contributed by atoms with Gasteiger partial charge in [0.25, 0.3) is 0 Å². The van der Waals surface area contributed by atoms with Crippen molar-refractivity contribution in [3.63, 3.8) is 0 Å². The van der Waals surface area contributed by atoms with Crippen LogP contribution in [0.3, 0.4) is 0 Å². The number of aromatic nitrogens is 3. The smallest absolute Gasteiger partial charge is 0.305 e. The van der Waals surface area contributed by atoms with Crippen molar-refractivity contribution >= 4 is 47.8 Å². The van der Waals surface area contributed by atoms with E-state index >= 15 is 0 Å². The van der Waals surface area contributed by atoms with E-state index in [2.05, 4.69) is 236 Å². The zero-order chi connectivity index (χ0) is 46.1. The van der Waals surface area contributed by atoms with Gasteiger partial charge >= 0.3 is 20.1 Å². The number of halogens is 3. The molecule has 3 nitrogen and oxygen atoms in total. The predicted molar refractivity (Wildman–Crippen MR) is 287 cm³/mol. The first-order chi connectivity index (χ1) is 32.6. The predicted octanol–water partition coefficient (Wildman–Crippen LogP) is 17.9. The minimum atomic E-state index is 0. The van der Waals surface area contributed by atoms with Crippen molar-refractivity contribution in [2.45, 2.75) is 26.2 Å². The van der Waals surface area contributed by atoms with E-state index in [-0.39, 0.29) is 25.5 Å². The largest absolute Gasteiger partial charge is 3.00 e. The third-order valence-corrected chi connectivity index (χ3v) is 14.0. The van der Waals surface area contributed by atoms with Gasteiger partial charge in [-0.15, -0.1) is 71.3 Å². The number of pyridine rings is 3. The van der Waals surface area contributed by atoms with E-state index < -0.39 is 0 Å². The zero-order valence-corrected chi connectivity index (χ0v) is 44.4. The van der Waals surface area contributed by atoms with Crippen molar-refractivity contribution in [2.24, 2.45) is 0 Å². The Balaban J connectivity index is 0.00000578. The minimum absolute atomic E-state index is 0. The molecule has 7 aromatic carbocycles. The molecule has 7 heteroatoms. The van der Waals surface area contributed by atoms with Crippen LogP contribution in [0.2, 0.25) is 0 Å². The topological polar surface area (TPSA) is 38.7 Å². The molecule has 0 aliphatic carbocycles. The van der Waals surface area contributed by atoms with Crippen LogP contribution in [-0.4, -0.2) is 15.0 Å². The molecule has 0 fully saturated rings. The van der Waals surface area contributed by atoms with Gasteiger partial charge in [-0.2, -0.15) is 0 Å². The van der Waals surface area contributed by atoms with Crippen molar-refractivity contribution in [1.29, 1.82) is 0 Å². The Labute approximate surface area is 437 Å². The molecule has 0 N–H and O–H groups in total. The van der Waals surface area contributed by atoms with E-state index in [1.54, 1.807) is 0 Å². The van der Waals surface area contributed by atoms with Crippen molar-refractivity contribution < 1.29 is 20.1 Å². The van der Waals surface area contributed by atoms with Gasteiger partial charge in [0.1, 0.15) is 0 Å². The summed E-state index contributed by atoms with van der Waals surface area (Å²) in [5.74, 6) is 0. The molecule has 330 valence electrons. The Kier molecular flexibility index (Phi) is 14.1. The molecule has 0 spiro atoms. The molecule has 0 amide bonds. The summed E-state index contributed by atoms with van der Waals surface area (Å²) in [6.07, 6.45) is 5.52. The fourth-order valence-electron chi connectivity index (χ4n) is 8.55. The van der Waals surface area contributed by atoms with Gasteiger partial charge in [-0.3, -0.25) is 0 Å². The Morgan fingerprint density at radius 3 is 1.03 bits per heavy atom. The molecule has 0 aliphatic heterocycles. The average molecular weight is 1250 g/mol. The Morgan fingerprint density at radius 2 is 0.691 bits per heavy atom. The first-order valence-corrected chi connectivity index (χ1v) is 24.3. The maximum atomic E-state index is 4.75. The average Bonchev–Trinajstić information content (AvgIpc) is 3.36.